The third kappa shape index (κ3) is 3.18. The number of Topliss-reactive ketones (excluding diaryl/α,β-unsaturated/α-hetero) is 1. The van der Waals surface area contributed by atoms with E-state index in [2.05, 4.69) is 4.99 Å². The summed E-state index contributed by atoms with van der Waals surface area (Å²) >= 11 is 1.55. The van der Waals surface area contributed by atoms with E-state index in [9.17, 15) is 9.59 Å². The molecule has 1 amide bonds. The van der Waals surface area contributed by atoms with E-state index in [1.54, 1.807) is 11.8 Å². The molecule has 0 aromatic carbocycles. The Morgan fingerprint density at radius 1 is 1.62 bits per heavy atom. The number of nitrogens with zero attached hydrogens (tertiary/aromatic N) is 2. The van der Waals surface area contributed by atoms with Crippen molar-refractivity contribution in [3.05, 3.63) is 0 Å². The van der Waals surface area contributed by atoms with Crippen LogP contribution in [-0.2, 0) is 9.59 Å². The van der Waals surface area contributed by atoms with Gasteiger partial charge < -0.3 is 4.90 Å². The number of rotatable bonds is 2. The zero-order chi connectivity index (χ0) is 9.84. The summed E-state index contributed by atoms with van der Waals surface area (Å²) in [5.41, 5.74) is 0. The van der Waals surface area contributed by atoms with Crippen molar-refractivity contribution in [3.8, 4) is 0 Å². The number of thioether (sulfide) groups is 1. The highest BCUT2D eigenvalue weighted by atomic mass is 32.2. The predicted octanol–water partition coefficient (Wildman–Crippen LogP) is 0.527. The molecule has 0 bridgehead atoms. The Morgan fingerprint density at radius 2 is 2.31 bits per heavy atom. The SMILES string of the molecule is CC(=O)CC(=O)N=C1SCCN1C. The summed E-state index contributed by atoms with van der Waals surface area (Å²) < 4.78 is 0. The maximum Gasteiger partial charge on any atom is 0.255 e. The molecular formula is C8H12N2O2S. The van der Waals surface area contributed by atoms with Gasteiger partial charge in [0.25, 0.3) is 5.91 Å². The van der Waals surface area contributed by atoms with E-state index >= 15 is 0 Å². The van der Waals surface area contributed by atoms with Gasteiger partial charge in [0.1, 0.15) is 5.78 Å². The van der Waals surface area contributed by atoms with Gasteiger partial charge >= 0.3 is 0 Å². The highest BCUT2D eigenvalue weighted by Crippen LogP contribution is 2.15. The Hall–Kier alpha value is -0.840. The molecule has 5 heteroatoms. The Bertz CT molecular complexity index is 263. The zero-order valence-electron chi connectivity index (χ0n) is 7.74. The van der Waals surface area contributed by atoms with Crippen molar-refractivity contribution >= 4 is 28.6 Å². The molecule has 0 aromatic heterocycles. The second kappa shape index (κ2) is 4.41. The van der Waals surface area contributed by atoms with Crippen LogP contribution >= 0.6 is 11.8 Å². The third-order valence-electron chi connectivity index (χ3n) is 1.60. The minimum atomic E-state index is -0.344. The van der Waals surface area contributed by atoms with Crippen LogP contribution < -0.4 is 0 Å². The van der Waals surface area contributed by atoms with Gasteiger partial charge in [-0.1, -0.05) is 11.8 Å². The van der Waals surface area contributed by atoms with E-state index in [4.69, 9.17) is 0 Å². The van der Waals surface area contributed by atoms with Crippen LogP contribution in [0.15, 0.2) is 4.99 Å². The van der Waals surface area contributed by atoms with Gasteiger partial charge in [0.15, 0.2) is 5.17 Å². The molecule has 1 fully saturated rings. The number of hydrogen-bond donors (Lipinski definition) is 0. The van der Waals surface area contributed by atoms with Crippen LogP contribution in [-0.4, -0.2) is 41.1 Å². The Morgan fingerprint density at radius 3 is 2.77 bits per heavy atom. The van der Waals surface area contributed by atoms with E-state index in [-0.39, 0.29) is 18.1 Å². The van der Waals surface area contributed by atoms with Gasteiger partial charge in [-0.05, 0) is 6.92 Å². The minimum absolute atomic E-state index is 0.0854. The summed E-state index contributed by atoms with van der Waals surface area (Å²) in [7, 11) is 1.89. The number of ketones is 1. The van der Waals surface area contributed by atoms with Gasteiger partial charge in [-0.2, -0.15) is 4.99 Å². The first-order valence-corrected chi connectivity index (χ1v) is 5.03. The quantitative estimate of drug-likeness (QED) is 0.610. The first-order valence-electron chi connectivity index (χ1n) is 4.04. The Labute approximate surface area is 81.4 Å². The molecule has 0 spiro atoms. The first kappa shape index (κ1) is 10.2. The fraction of sp³-hybridized carbons (Fsp3) is 0.625. The van der Waals surface area contributed by atoms with E-state index in [1.165, 1.54) is 6.92 Å². The number of aliphatic imine (C=N–C) groups is 1. The maximum atomic E-state index is 11.1. The van der Waals surface area contributed by atoms with Crippen molar-refractivity contribution < 1.29 is 9.59 Å². The maximum absolute atomic E-state index is 11.1. The summed E-state index contributed by atoms with van der Waals surface area (Å²) in [6.07, 6.45) is -0.0854. The summed E-state index contributed by atoms with van der Waals surface area (Å²) in [6.45, 7) is 2.31. The lowest BCUT2D eigenvalue weighted by Gasteiger charge is -2.08. The normalized spacial score (nSPS) is 19.5. The largest absolute Gasteiger partial charge is 0.353 e. The number of carbonyl (C=O) groups is 2. The molecule has 0 radical (unpaired) electrons. The average molecular weight is 200 g/mol. The van der Waals surface area contributed by atoms with Crippen LogP contribution in [0.3, 0.4) is 0 Å². The molecule has 1 rings (SSSR count). The molecule has 0 aliphatic carbocycles. The topological polar surface area (TPSA) is 49.7 Å². The molecular weight excluding hydrogens is 188 g/mol. The van der Waals surface area contributed by atoms with Gasteiger partial charge in [-0.3, -0.25) is 9.59 Å². The van der Waals surface area contributed by atoms with Crippen LogP contribution in [0.5, 0.6) is 0 Å². The summed E-state index contributed by atoms with van der Waals surface area (Å²) in [6, 6.07) is 0. The third-order valence-corrected chi connectivity index (χ3v) is 2.65. The van der Waals surface area contributed by atoms with Crippen molar-refractivity contribution in [2.75, 3.05) is 19.3 Å². The molecule has 1 heterocycles. The molecule has 1 aliphatic rings. The molecule has 0 aromatic rings. The summed E-state index contributed by atoms with van der Waals surface area (Å²) in [5.74, 6) is 0.478. The summed E-state index contributed by atoms with van der Waals surface area (Å²) in [4.78, 5) is 27.5. The highest BCUT2D eigenvalue weighted by Gasteiger charge is 2.16. The zero-order valence-corrected chi connectivity index (χ0v) is 8.56. The van der Waals surface area contributed by atoms with Gasteiger partial charge in [0, 0.05) is 19.3 Å². The fourth-order valence-corrected chi connectivity index (χ4v) is 1.98. The van der Waals surface area contributed by atoms with Crippen molar-refractivity contribution in [2.24, 2.45) is 4.99 Å². The fourth-order valence-electron chi connectivity index (χ4n) is 0.956. The average Bonchev–Trinajstić information content (AvgIpc) is 2.34. The molecule has 0 atom stereocenters. The van der Waals surface area contributed by atoms with E-state index in [0.29, 0.717) is 0 Å². The second-order valence-corrected chi connectivity index (χ2v) is 4.00. The Kier molecular flexibility index (Phi) is 3.48. The van der Waals surface area contributed by atoms with Gasteiger partial charge in [-0.15, -0.1) is 0 Å². The van der Waals surface area contributed by atoms with Crippen LogP contribution in [0.25, 0.3) is 0 Å². The molecule has 1 aliphatic heterocycles. The standard InChI is InChI=1S/C8H12N2O2S/c1-6(11)5-7(12)9-8-10(2)3-4-13-8/h3-5H2,1-2H3. The molecule has 1 saturated heterocycles. The second-order valence-electron chi connectivity index (χ2n) is 2.94. The van der Waals surface area contributed by atoms with Crippen LogP contribution in [0.4, 0.5) is 0 Å². The van der Waals surface area contributed by atoms with Crippen molar-refractivity contribution in [1.82, 2.24) is 4.90 Å². The lowest BCUT2D eigenvalue weighted by atomic mass is 10.3. The molecule has 0 N–H and O–H groups in total. The molecule has 72 valence electrons. The van der Waals surface area contributed by atoms with Crippen LogP contribution in [0.1, 0.15) is 13.3 Å². The van der Waals surface area contributed by atoms with Crippen LogP contribution in [0.2, 0.25) is 0 Å². The molecule has 13 heavy (non-hydrogen) atoms. The molecule has 0 unspecified atom stereocenters. The van der Waals surface area contributed by atoms with E-state index < -0.39 is 0 Å². The van der Waals surface area contributed by atoms with Crippen LogP contribution in [0, 0.1) is 0 Å². The number of amides is 1. The van der Waals surface area contributed by atoms with Crippen molar-refractivity contribution in [3.63, 3.8) is 0 Å². The van der Waals surface area contributed by atoms with E-state index in [0.717, 1.165) is 17.5 Å². The smallest absolute Gasteiger partial charge is 0.255 e. The van der Waals surface area contributed by atoms with Gasteiger partial charge in [0.05, 0.1) is 6.42 Å². The molecule has 4 nitrogen and oxygen atoms in total. The summed E-state index contributed by atoms with van der Waals surface area (Å²) in [5, 5.41) is 0.728. The highest BCUT2D eigenvalue weighted by molar-refractivity contribution is 8.14. The van der Waals surface area contributed by atoms with Crippen molar-refractivity contribution in [1.29, 1.82) is 0 Å². The number of hydrogen-bond acceptors (Lipinski definition) is 3. The van der Waals surface area contributed by atoms with E-state index in [1.807, 2.05) is 11.9 Å². The predicted molar refractivity (Wildman–Crippen MR) is 52.8 cm³/mol. The van der Waals surface area contributed by atoms with Crippen molar-refractivity contribution in [2.45, 2.75) is 13.3 Å². The van der Waals surface area contributed by atoms with Gasteiger partial charge in [0.2, 0.25) is 0 Å². The monoisotopic (exact) mass is 200 g/mol. The van der Waals surface area contributed by atoms with Gasteiger partial charge in [-0.25, -0.2) is 0 Å². The Balaban J connectivity index is 2.54. The first-order chi connectivity index (χ1) is 6.09. The minimum Gasteiger partial charge on any atom is -0.353 e. The molecule has 0 saturated carbocycles. The lowest BCUT2D eigenvalue weighted by molar-refractivity contribution is -0.125. The number of carbonyl (C=O) groups excluding carboxylic acids is 2. The lowest BCUT2D eigenvalue weighted by Crippen LogP contribution is -2.19. The number of amidine groups is 1.